The summed E-state index contributed by atoms with van der Waals surface area (Å²) >= 11 is 5.81. The zero-order valence-corrected chi connectivity index (χ0v) is 12.7. The molecule has 0 bridgehead atoms. The van der Waals surface area contributed by atoms with Gasteiger partial charge in [0.15, 0.2) is 0 Å². The Bertz CT molecular complexity index is 562. The first-order valence-electron chi connectivity index (χ1n) is 7.19. The van der Waals surface area contributed by atoms with Gasteiger partial charge in [-0.3, -0.25) is 9.59 Å². The predicted octanol–water partition coefficient (Wildman–Crippen LogP) is 2.08. The third-order valence-electron chi connectivity index (χ3n) is 3.80. The molecule has 0 aliphatic heterocycles. The van der Waals surface area contributed by atoms with Gasteiger partial charge in [0.05, 0.1) is 16.8 Å². The van der Waals surface area contributed by atoms with Gasteiger partial charge in [0.2, 0.25) is 0 Å². The second-order valence-electron chi connectivity index (χ2n) is 5.40. The molecule has 1 aliphatic carbocycles. The molecule has 120 valence electrons. The lowest BCUT2D eigenvalue weighted by Gasteiger charge is -2.17. The van der Waals surface area contributed by atoms with Gasteiger partial charge < -0.3 is 15.7 Å². The van der Waals surface area contributed by atoms with E-state index in [0.29, 0.717) is 0 Å². The van der Waals surface area contributed by atoms with Crippen LogP contribution in [-0.2, 0) is 9.59 Å². The lowest BCUT2D eigenvalue weighted by Crippen LogP contribution is -2.41. The van der Waals surface area contributed by atoms with Crippen LogP contribution in [0.4, 0.5) is 10.1 Å². The molecule has 1 saturated carbocycles. The number of hydrogen-bond donors (Lipinski definition) is 3. The number of carbonyl (C=O) groups is 2. The van der Waals surface area contributed by atoms with E-state index < -0.39 is 23.7 Å². The van der Waals surface area contributed by atoms with Crippen molar-refractivity contribution in [3.8, 4) is 0 Å². The molecule has 1 aromatic carbocycles. The monoisotopic (exact) mass is 328 g/mol. The maximum Gasteiger partial charge on any atom is 0.313 e. The topological polar surface area (TPSA) is 78.4 Å². The van der Waals surface area contributed by atoms with E-state index in [0.717, 1.165) is 37.8 Å². The van der Waals surface area contributed by atoms with Gasteiger partial charge in [-0.25, -0.2) is 4.39 Å². The maximum atomic E-state index is 13.1. The Balaban J connectivity index is 1.84. The first kappa shape index (κ1) is 16.7. The highest BCUT2D eigenvalue weighted by Gasteiger charge is 2.24. The lowest BCUT2D eigenvalue weighted by molar-refractivity contribution is -0.136. The van der Waals surface area contributed by atoms with Crippen LogP contribution in [0.3, 0.4) is 0 Å². The summed E-state index contributed by atoms with van der Waals surface area (Å²) in [6, 6.07) is 3.46. The van der Waals surface area contributed by atoms with E-state index in [2.05, 4.69) is 10.6 Å². The summed E-state index contributed by atoms with van der Waals surface area (Å²) in [5.74, 6) is -2.25. The normalized spacial score (nSPS) is 16.3. The molecule has 7 heteroatoms. The molecule has 0 aromatic heterocycles. The van der Waals surface area contributed by atoms with E-state index in [-0.39, 0.29) is 23.2 Å². The zero-order chi connectivity index (χ0) is 16.1. The second kappa shape index (κ2) is 7.56. The fourth-order valence-corrected chi connectivity index (χ4v) is 2.72. The van der Waals surface area contributed by atoms with E-state index in [4.69, 9.17) is 11.6 Å². The highest BCUT2D eigenvalue weighted by molar-refractivity contribution is 6.41. The van der Waals surface area contributed by atoms with Crippen LogP contribution in [-0.4, -0.2) is 29.6 Å². The molecule has 0 heterocycles. The summed E-state index contributed by atoms with van der Waals surface area (Å²) in [5.41, 5.74) is 0.0261. The fraction of sp³-hybridized carbons (Fsp3) is 0.467. The third kappa shape index (κ3) is 4.42. The summed E-state index contributed by atoms with van der Waals surface area (Å²) in [6.45, 7) is 0.0216. The molecule has 5 nitrogen and oxygen atoms in total. The second-order valence-corrected chi connectivity index (χ2v) is 5.81. The average molecular weight is 329 g/mol. The first-order valence-corrected chi connectivity index (χ1v) is 7.57. The number of benzene rings is 1. The van der Waals surface area contributed by atoms with E-state index in [1.54, 1.807) is 0 Å². The molecule has 22 heavy (non-hydrogen) atoms. The Morgan fingerprint density at radius 3 is 2.68 bits per heavy atom. The third-order valence-corrected chi connectivity index (χ3v) is 4.13. The summed E-state index contributed by atoms with van der Waals surface area (Å²) in [6.07, 6.45) is 3.37. The standard InChI is InChI=1S/C15H18ClFN2O3/c16-11-6-5-10(17)7-12(11)19-15(22)14(21)18-8-13(20)9-3-1-2-4-9/h5-7,9,13,20H,1-4,8H2,(H,18,21)(H,19,22). The lowest BCUT2D eigenvalue weighted by atomic mass is 10.0. The van der Waals surface area contributed by atoms with E-state index >= 15 is 0 Å². The minimum atomic E-state index is -0.953. The van der Waals surface area contributed by atoms with Gasteiger partial charge in [-0.15, -0.1) is 0 Å². The van der Waals surface area contributed by atoms with Gasteiger partial charge in [-0.05, 0) is 37.0 Å². The zero-order valence-electron chi connectivity index (χ0n) is 11.9. The predicted molar refractivity (Wildman–Crippen MR) is 81.0 cm³/mol. The summed E-state index contributed by atoms with van der Waals surface area (Å²) in [7, 11) is 0. The van der Waals surface area contributed by atoms with Crippen LogP contribution in [0.25, 0.3) is 0 Å². The number of halogens is 2. The molecule has 1 atom stereocenters. The van der Waals surface area contributed by atoms with Crippen LogP contribution >= 0.6 is 11.6 Å². The van der Waals surface area contributed by atoms with Crippen LogP contribution in [0.5, 0.6) is 0 Å². The van der Waals surface area contributed by atoms with E-state index in [1.807, 2.05) is 0 Å². The van der Waals surface area contributed by atoms with Gasteiger partial charge in [0, 0.05) is 6.54 Å². The van der Waals surface area contributed by atoms with Crippen molar-refractivity contribution in [2.24, 2.45) is 5.92 Å². The summed E-state index contributed by atoms with van der Waals surface area (Å²) in [5, 5.41) is 14.7. The quantitative estimate of drug-likeness (QED) is 0.740. The van der Waals surface area contributed by atoms with Crippen molar-refractivity contribution < 1.29 is 19.1 Å². The van der Waals surface area contributed by atoms with Crippen molar-refractivity contribution in [2.75, 3.05) is 11.9 Å². The number of aliphatic hydroxyl groups is 1. The SMILES string of the molecule is O=C(NCC(O)C1CCCC1)C(=O)Nc1cc(F)ccc1Cl. The highest BCUT2D eigenvalue weighted by atomic mass is 35.5. The molecule has 0 spiro atoms. The van der Waals surface area contributed by atoms with Crippen molar-refractivity contribution in [1.29, 1.82) is 0 Å². The Morgan fingerprint density at radius 2 is 2.00 bits per heavy atom. The van der Waals surface area contributed by atoms with Crippen LogP contribution < -0.4 is 10.6 Å². The van der Waals surface area contributed by atoms with Gasteiger partial charge in [-0.1, -0.05) is 24.4 Å². The van der Waals surface area contributed by atoms with E-state index in [1.165, 1.54) is 6.07 Å². The molecule has 2 amide bonds. The molecule has 3 N–H and O–H groups in total. The van der Waals surface area contributed by atoms with Crippen LogP contribution in [0.1, 0.15) is 25.7 Å². The molecular formula is C15H18ClFN2O3. The number of anilines is 1. The van der Waals surface area contributed by atoms with E-state index in [9.17, 15) is 19.1 Å². The number of amides is 2. The first-order chi connectivity index (χ1) is 10.5. The number of rotatable bonds is 4. The maximum absolute atomic E-state index is 13.1. The summed E-state index contributed by atoms with van der Waals surface area (Å²) < 4.78 is 13.1. The Kier molecular flexibility index (Phi) is 5.74. The van der Waals surface area contributed by atoms with Crippen LogP contribution in [0.15, 0.2) is 18.2 Å². The molecular weight excluding hydrogens is 311 g/mol. The minimum Gasteiger partial charge on any atom is -0.391 e. The van der Waals surface area contributed by atoms with Gasteiger partial charge >= 0.3 is 11.8 Å². The Hall–Kier alpha value is -1.66. The van der Waals surface area contributed by atoms with Crippen molar-refractivity contribution in [1.82, 2.24) is 5.32 Å². The molecule has 2 rings (SSSR count). The highest BCUT2D eigenvalue weighted by Crippen LogP contribution is 2.27. The van der Waals surface area contributed by atoms with Crippen LogP contribution in [0.2, 0.25) is 5.02 Å². The van der Waals surface area contributed by atoms with Crippen molar-refractivity contribution in [3.05, 3.63) is 29.0 Å². The molecule has 1 aromatic rings. The average Bonchev–Trinajstić information content (AvgIpc) is 3.02. The van der Waals surface area contributed by atoms with Crippen molar-refractivity contribution >= 4 is 29.1 Å². The smallest absolute Gasteiger partial charge is 0.313 e. The largest absolute Gasteiger partial charge is 0.391 e. The Labute approximate surface area is 132 Å². The number of carbonyl (C=O) groups excluding carboxylic acids is 2. The molecule has 1 unspecified atom stereocenters. The van der Waals surface area contributed by atoms with Gasteiger partial charge in [0.1, 0.15) is 5.82 Å². The minimum absolute atomic E-state index is 0.0216. The Morgan fingerprint density at radius 1 is 1.32 bits per heavy atom. The number of hydrogen-bond acceptors (Lipinski definition) is 3. The van der Waals surface area contributed by atoms with Crippen molar-refractivity contribution in [3.63, 3.8) is 0 Å². The number of nitrogens with one attached hydrogen (secondary N) is 2. The van der Waals surface area contributed by atoms with Crippen LogP contribution in [0, 0.1) is 11.7 Å². The molecule has 1 fully saturated rings. The van der Waals surface area contributed by atoms with Gasteiger partial charge in [-0.2, -0.15) is 0 Å². The molecule has 1 aliphatic rings. The summed E-state index contributed by atoms with van der Waals surface area (Å²) in [4.78, 5) is 23.4. The molecule has 0 saturated heterocycles. The number of aliphatic hydroxyl groups excluding tert-OH is 1. The van der Waals surface area contributed by atoms with Crippen molar-refractivity contribution in [2.45, 2.75) is 31.8 Å². The fourth-order valence-electron chi connectivity index (χ4n) is 2.56. The van der Waals surface area contributed by atoms with Gasteiger partial charge in [0.25, 0.3) is 0 Å². The molecule has 0 radical (unpaired) electrons.